The van der Waals surface area contributed by atoms with Crippen LogP contribution in [0.4, 0.5) is 4.79 Å². The van der Waals surface area contributed by atoms with Gasteiger partial charge in [-0.1, -0.05) is 54.3 Å². The Hall–Kier alpha value is -3.42. The highest BCUT2D eigenvalue weighted by molar-refractivity contribution is 5.71. The third-order valence-corrected chi connectivity index (χ3v) is 6.24. The number of piperazine rings is 1. The molecule has 3 N–H and O–H groups in total. The summed E-state index contributed by atoms with van der Waals surface area (Å²) in [6.07, 6.45) is 0.324. The number of rotatable bonds is 10. The number of amides is 2. The fraction of sp³-hybridized carbons (Fsp3) is 0.467. The molecule has 0 bridgehead atoms. The highest BCUT2D eigenvalue weighted by atomic mass is 16.6. The first-order valence-corrected chi connectivity index (χ1v) is 13.3. The van der Waals surface area contributed by atoms with Gasteiger partial charge in [-0.2, -0.15) is 0 Å². The topological polar surface area (TPSA) is 109 Å². The average molecular weight is 537 g/mol. The Balaban J connectivity index is 1.55. The van der Waals surface area contributed by atoms with E-state index < -0.39 is 11.6 Å². The maximum atomic E-state index is 11.8. The Labute approximate surface area is 231 Å². The highest BCUT2D eigenvalue weighted by Crippen LogP contribution is 2.29. The number of benzene rings is 2. The van der Waals surface area contributed by atoms with Gasteiger partial charge in [-0.05, 0) is 44.0 Å². The van der Waals surface area contributed by atoms with Crippen LogP contribution in [0, 0.1) is 11.8 Å². The molecule has 0 radical (unpaired) electrons. The number of ether oxygens (including phenoxy) is 2. The monoisotopic (exact) mass is 536 g/mol. The summed E-state index contributed by atoms with van der Waals surface area (Å²) in [6.45, 7) is 10.5. The zero-order chi connectivity index (χ0) is 28.3. The Morgan fingerprint density at radius 3 is 2.28 bits per heavy atom. The molecule has 3 rings (SSSR count). The zero-order valence-electron chi connectivity index (χ0n) is 23.1. The molecule has 0 aromatic heterocycles. The first kappa shape index (κ1) is 30.1. The number of urea groups is 1. The molecule has 0 aliphatic carbocycles. The SMILES string of the molecule is CC(C)(C)OC(=O)COCCN1CCN([C@H](c2ccccc2)c2ccc(C#CCCN(O)C(N)=O)cc2)CC1. The molecule has 0 unspecified atom stereocenters. The Morgan fingerprint density at radius 1 is 1.03 bits per heavy atom. The molecule has 39 heavy (non-hydrogen) atoms. The number of carbonyl (C=O) groups is 2. The lowest BCUT2D eigenvalue weighted by molar-refractivity contribution is -0.160. The molecule has 1 aliphatic heterocycles. The molecule has 9 nitrogen and oxygen atoms in total. The molecular formula is C30H40N4O5. The largest absolute Gasteiger partial charge is 0.458 e. The molecule has 210 valence electrons. The van der Waals surface area contributed by atoms with Crippen molar-refractivity contribution in [2.24, 2.45) is 5.73 Å². The van der Waals surface area contributed by atoms with E-state index in [1.165, 1.54) is 11.1 Å². The van der Waals surface area contributed by atoms with E-state index in [2.05, 4.69) is 58.0 Å². The van der Waals surface area contributed by atoms with Crippen LogP contribution in [0.2, 0.25) is 0 Å². The molecule has 2 aromatic carbocycles. The smallest absolute Gasteiger partial charge is 0.338 e. The number of hydrogen-bond acceptors (Lipinski definition) is 7. The van der Waals surface area contributed by atoms with Gasteiger partial charge >= 0.3 is 12.0 Å². The Bertz CT molecular complexity index is 1110. The van der Waals surface area contributed by atoms with E-state index in [1.54, 1.807) is 0 Å². The molecule has 2 aromatic rings. The van der Waals surface area contributed by atoms with Crippen molar-refractivity contribution in [2.75, 3.05) is 52.5 Å². The fourth-order valence-electron chi connectivity index (χ4n) is 4.40. The summed E-state index contributed by atoms with van der Waals surface area (Å²) >= 11 is 0. The second kappa shape index (κ2) is 14.7. The molecule has 1 atom stereocenters. The number of primary amides is 1. The summed E-state index contributed by atoms with van der Waals surface area (Å²) in [5.74, 6) is 5.70. The average Bonchev–Trinajstić information content (AvgIpc) is 2.90. The second-order valence-electron chi connectivity index (χ2n) is 10.5. The van der Waals surface area contributed by atoms with Gasteiger partial charge in [0.15, 0.2) is 0 Å². The van der Waals surface area contributed by atoms with Gasteiger partial charge in [0.05, 0.1) is 19.2 Å². The maximum absolute atomic E-state index is 11.8. The molecule has 0 saturated carbocycles. The van der Waals surface area contributed by atoms with Crippen molar-refractivity contribution in [3.63, 3.8) is 0 Å². The van der Waals surface area contributed by atoms with Crippen LogP contribution in [-0.4, -0.2) is 90.2 Å². The van der Waals surface area contributed by atoms with Crippen LogP contribution >= 0.6 is 0 Å². The molecular weight excluding hydrogens is 496 g/mol. The van der Waals surface area contributed by atoms with Crippen molar-refractivity contribution >= 4 is 12.0 Å². The molecule has 9 heteroatoms. The quantitative estimate of drug-likeness (QED) is 0.158. The minimum Gasteiger partial charge on any atom is -0.458 e. The Kier molecular flexibility index (Phi) is 11.3. The van der Waals surface area contributed by atoms with Crippen molar-refractivity contribution in [1.29, 1.82) is 0 Å². The summed E-state index contributed by atoms with van der Waals surface area (Å²) in [4.78, 5) is 27.6. The van der Waals surface area contributed by atoms with Crippen LogP contribution < -0.4 is 5.73 Å². The number of carbonyl (C=O) groups excluding carboxylic acids is 2. The third-order valence-electron chi connectivity index (χ3n) is 6.24. The van der Waals surface area contributed by atoms with Gasteiger partial charge < -0.3 is 15.2 Å². The summed E-state index contributed by atoms with van der Waals surface area (Å²) in [5, 5.41) is 9.79. The van der Waals surface area contributed by atoms with E-state index in [1.807, 2.05) is 39.0 Å². The third kappa shape index (κ3) is 10.3. The minimum absolute atomic E-state index is 0.0268. The van der Waals surface area contributed by atoms with Crippen molar-refractivity contribution in [3.8, 4) is 11.8 Å². The summed E-state index contributed by atoms with van der Waals surface area (Å²) in [5.41, 5.74) is 7.80. The normalized spacial score (nSPS) is 15.2. The minimum atomic E-state index is -0.888. The predicted molar refractivity (Wildman–Crippen MR) is 149 cm³/mol. The standard InChI is InChI=1S/C30H40N4O5/c1-30(2,3)39-27(35)23-38-22-21-32-17-19-33(20-18-32)28(25-10-5-4-6-11-25)26-14-12-24(13-15-26)9-7-8-16-34(37)29(31)36/h4-6,10-15,28,37H,8,16-23H2,1-3H3,(H2,31,36)/t28-/m1/s1. The highest BCUT2D eigenvalue weighted by Gasteiger charge is 2.26. The van der Waals surface area contributed by atoms with E-state index in [4.69, 9.17) is 15.2 Å². The first-order chi connectivity index (χ1) is 18.6. The molecule has 2 amide bonds. The number of hydrogen-bond donors (Lipinski definition) is 2. The molecule has 0 spiro atoms. The summed E-state index contributed by atoms with van der Waals surface area (Å²) in [6, 6.07) is 17.9. The van der Waals surface area contributed by atoms with Crippen molar-refractivity contribution in [2.45, 2.75) is 38.8 Å². The first-order valence-electron chi connectivity index (χ1n) is 13.3. The van der Waals surface area contributed by atoms with E-state index in [0.29, 0.717) is 18.1 Å². The van der Waals surface area contributed by atoms with Crippen LogP contribution in [0.1, 0.15) is 49.9 Å². The van der Waals surface area contributed by atoms with Gasteiger partial charge in [0.2, 0.25) is 0 Å². The van der Waals surface area contributed by atoms with Gasteiger partial charge in [0.1, 0.15) is 12.2 Å². The number of hydroxylamine groups is 2. The van der Waals surface area contributed by atoms with Crippen LogP contribution in [0.3, 0.4) is 0 Å². The van der Waals surface area contributed by atoms with Crippen molar-refractivity contribution < 1.29 is 24.3 Å². The summed E-state index contributed by atoms with van der Waals surface area (Å²) in [7, 11) is 0. The summed E-state index contributed by atoms with van der Waals surface area (Å²) < 4.78 is 10.8. The van der Waals surface area contributed by atoms with Crippen LogP contribution in [-0.2, 0) is 14.3 Å². The number of nitrogens with zero attached hydrogens (tertiary/aromatic N) is 3. The van der Waals surface area contributed by atoms with E-state index in [9.17, 15) is 14.8 Å². The predicted octanol–water partition coefficient (Wildman–Crippen LogP) is 3.26. The molecule has 1 fully saturated rings. The van der Waals surface area contributed by atoms with Gasteiger partial charge in [-0.3, -0.25) is 15.0 Å². The van der Waals surface area contributed by atoms with Gasteiger partial charge in [-0.25, -0.2) is 14.7 Å². The fourth-order valence-corrected chi connectivity index (χ4v) is 4.40. The maximum Gasteiger partial charge on any atom is 0.338 e. The van der Waals surface area contributed by atoms with Gasteiger partial charge in [-0.15, -0.1) is 0 Å². The Morgan fingerprint density at radius 2 is 1.67 bits per heavy atom. The van der Waals surface area contributed by atoms with Gasteiger partial charge in [0.25, 0.3) is 0 Å². The lowest BCUT2D eigenvalue weighted by Crippen LogP contribution is -2.48. The number of nitrogens with two attached hydrogens (primary N) is 1. The second-order valence-corrected chi connectivity index (χ2v) is 10.5. The van der Waals surface area contributed by atoms with E-state index >= 15 is 0 Å². The molecule has 1 heterocycles. The van der Waals surface area contributed by atoms with Crippen LogP contribution in [0.25, 0.3) is 0 Å². The van der Waals surface area contributed by atoms with Gasteiger partial charge in [0, 0.05) is 44.7 Å². The van der Waals surface area contributed by atoms with E-state index in [0.717, 1.165) is 38.3 Å². The molecule has 1 aliphatic rings. The molecule has 1 saturated heterocycles. The lowest BCUT2D eigenvalue weighted by atomic mass is 9.95. The zero-order valence-corrected chi connectivity index (χ0v) is 23.1. The van der Waals surface area contributed by atoms with Crippen molar-refractivity contribution in [1.82, 2.24) is 14.9 Å². The van der Waals surface area contributed by atoms with Crippen LogP contribution in [0.15, 0.2) is 54.6 Å². The lowest BCUT2D eigenvalue weighted by Gasteiger charge is -2.39. The van der Waals surface area contributed by atoms with Crippen LogP contribution in [0.5, 0.6) is 0 Å². The van der Waals surface area contributed by atoms with Crippen molar-refractivity contribution in [3.05, 3.63) is 71.3 Å². The number of esters is 1. The van der Waals surface area contributed by atoms with E-state index in [-0.39, 0.29) is 25.2 Å².